The lowest BCUT2D eigenvalue weighted by Crippen LogP contribution is -2.12. The molecule has 2 nitrogen and oxygen atoms in total. The van der Waals surface area contributed by atoms with Gasteiger partial charge in [0.25, 0.3) is 0 Å². The van der Waals surface area contributed by atoms with E-state index in [1.54, 1.807) is 6.07 Å². The van der Waals surface area contributed by atoms with Gasteiger partial charge in [-0.1, -0.05) is 6.07 Å². The fourth-order valence-corrected chi connectivity index (χ4v) is 2.17. The summed E-state index contributed by atoms with van der Waals surface area (Å²) < 4.78 is 13.5. The van der Waals surface area contributed by atoms with Gasteiger partial charge in [0.2, 0.25) is 0 Å². The molecular weight excluding hydrogens is 239 g/mol. The van der Waals surface area contributed by atoms with E-state index in [0.29, 0.717) is 0 Å². The van der Waals surface area contributed by atoms with Gasteiger partial charge >= 0.3 is 0 Å². The van der Waals surface area contributed by atoms with Crippen LogP contribution in [-0.4, -0.2) is 7.05 Å². The second-order valence-electron chi connectivity index (χ2n) is 4.99. The van der Waals surface area contributed by atoms with Crippen molar-refractivity contribution in [3.63, 3.8) is 0 Å². The second-order valence-corrected chi connectivity index (χ2v) is 4.99. The average Bonchev–Trinajstić information content (AvgIpc) is 2.36. The Morgan fingerprint density at radius 2 is 1.58 bits per heavy atom. The van der Waals surface area contributed by atoms with E-state index in [2.05, 4.69) is 32.9 Å². The zero-order valence-electron chi connectivity index (χ0n) is 11.8. The third kappa shape index (κ3) is 2.55. The molecule has 0 amide bonds. The van der Waals surface area contributed by atoms with Crippen LogP contribution in [0.2, 0.25) is 0 Å². The Bertz CT molecular complexity index is 620. The van der Waals surface area contributed by atoms with Crippen LogP contribution in [0.3, 0.4) is 0 Å². The summed E-state index contributed by atoms with van der Waals surface area (Å²) in [5.74, 6) is -0.383. The van der Waals surface area contributed by atoms with E-state index < -0.39 is 0 Å². The molecule has 0 unspecified atom stereocenters. The minimum atomic E-state index is -0.383. The number of halogens is 1. The Morgan fingerprint density at radius 3 is 2.21 bits per heavy atom. The van der Waals surface area contributed by atoms with Crippen LogP contribution in [0.15, 0.2) is 30.3 Å². The molecule has 0 fully saturated rings. The topological polar surface area (TPSA) is 29.3 Å². The summed E-state index contributed by atoms with van der Waals surface area (Å²) in [6.45, 7) is 6.23. The molecule has 0 aromatic heterocycles. The third-order valence-electron chi connectivity index (χ3n) is 3.54. The van der Waals surface area contributed by atoms with Crippen LogP contribution >= 0.6 is 0 Å². The van der Waals surface area contributed by atoms with Gasteiger partial charge in [0, 0.05) is 18.4 Å². The highest BCUT2D eigenvalue weighted by Gasteiger charge is 2.10. The van der Waals surface area contributed by atoms with Crippen molar-refractivity contribution in [1.29, 1.82) is 0 Å². The highest BCUT2D eigenvalue weighted by atomic mass is 19.1. The van der Waals surface area contributed by atoms with Gasteiger partial charge in [0.1, 0.15) is 5.82 Å². The number of rotatable bonds is 2. The summed E-state index contributed by atoms with van der Waals surface area (Å²) in [5, 5.41) is 0. The lowest BCUT2D eigenvalue weighted by Gasteiger charge is -2.23. The lowest BCUT2D eigenvalue weighted by atomic mass is 10.0. The van der Waals surface area contributed by atoms with Crippen molar-refractivity contribution in [3.05, 3.63) is 52.8 Å². The molecule has 0 spiro atoms. The van der Waals surface area contributed by atoms with Crippen LogP contribution in [0.4, 0.5) is 21.5 Å². The molecule has 2 aromatic carbocycles. The Labute approximate surface area is 113 Å². The van der Waals surface area contributed by atoms with Crippen LogP contribution in [0.5, 0.6) is 0 Å². The summed E-state index contributed by atoms with van der Waals surface area (Å²) >= 11 is 0. The van der Waals surface area contributed by atoms with E-state index in [1.165, 1.54) is 22.8 Å². The summed E-state index contributed by atoms with van der Waals surface area (Å²) in [6.07, 6.45) is 0. The molecule has 3 heteroatoms. The first kappa shape index (κ1) is 13.4. The Balaban J connectivity index is 2.46. The minimum Gasteiger partial charge on any atom is -0.396 e. The maximum Gasteiger partial charge on any atom is 0.148 e. The van der Waals surface area contributed by atoms with E-state index in [-0.39, 0.29) is 11.5 Å². The maximum atomic E-state index is 13.5. The van der Waals surface area contributed by atoms with Gasteiger partial charge in [-0.25, -0.2) is 4.39 Å². The SMILES string of the molecule is Cc1cc(C)c(N(C)c2ccc(N)c(F)c2)cc1C. The molecule has 2 N–H and O–H groups in total. The molecule has 0 bridgehead atoms. The zero-order valence-corrected chi connectivity index (χ0v) is 11.8. The van der Waals surface area contributed by atoms with Gasteiger partial charge in [-0.3, -0.25) is 0 Å². The molecule has 2 rings (SSSR count). The molecular formula is C16H19FN2. The van der Waals surface area contributed by atoms with Crippen LogP contribution in [0.25, 0.3) is 0 Å². The molecule has 0 aliphatic rings. The number of nitrogens with two attached hydrogens (primary N) is 1. The molecule has 0 saturated carbocycles. The quantitative estimate of drug-likeness (QED) is 0.822. The van der Waals surface area contributed by atoms with Gasteiger partial charge in [-0.15, -0.1) is 0 Å². The number of aryl methyl sites for hydroxylation is 3. The van der Waals surface area contributed by atoms with Crippen LogP contribution in [0, 0.1) is 26.6 Å². The fraction of sp³-hybridized carbons (Fsp3) is 0.250. The molecule has 0 aliphatic heterocycles. The number of nitrogen functional groups attached to an aromatic ring is 1. The average molecular weight is 258 g/mol. The van der Waals surface area contributed by atoms with Gasteiger partial charge in [-0.2, -0.15) is 0 Å². The second kappa shape index (κ2) is 4.92. The summed E-state index contributed by atoms with van der Waals surface area (Å²) in [5.41, 5.74) is 11.2. The predicted octanol–water partition coefficient (Wildman–Crippen LogP) is 4.10. The number of nitrogens with zero attached hydrogens (tertiary/aromatic N) is 1. The van der Waals surface area contributed by atoms with Crippen molar-refractivity contribution < 1.29 is 4.39 Å². The zero-order chi connectivity index (χ0) is 14.2. The summed E-state index contributed by atoms with van der Waals surface area (Å²) in [4.78, 5) is 1.98. The summed E-state index contributed by atoms with van der Waals surface area (Å²) in [6, 6.07) is 9.16. The molecule has 0 atom stereocenters. The van der Waals surface area contributed by atoms with E-state index in [9.17, 15) is 4.39 Å². The van der Waals surface area contributed by atoms with Crippen molar-refractivity contribution in [2.75, 3.05) is 17.7 Å². The number of anilines is 3. The summed E-state index contributed by atoms with van der Waals surface area (Å²) in [7, 11) is 1.93. The molecule has 19 heavy (non-hydrogen) atoms. The maximum absolute atomic E-state index is 13.5. The van der Waals surface area contributed by atoms with Gasteiger partial charge in [0.15, 0.2) is 0 Å². The Morgan fingerprint density at radius 1 is 0.947 bits per heavy atom. The van der Waals surface area contributed by atoms with E-state index in [0.717, 1.165) is 11.4 Å². The predicted molar refractivity (Wildman–Crippen MR) is 79.5 cm³/mol. The normalized spacial score (nSPS) is 10.6. The van der Waals surface area contributed by atoms with Crippen LogP contribution in [0.1, 0.15) is 16.7 Å². The largest absolute Gasteiger partial charge is 0.396 e. The number of benzene rings is 2. The first-order valence-corrected chi connectivity index (χ1v) is 6.26. The van der Waals surface area contributed by atoms with Crippen molar-refractivity contribution in [1.82, 2.24) is 0 Å². The standard InChI is InChI=1S/C16H19FN2/c1-10-7-12(3)16(8-11(10)2)19(4)13-5-6-15(18)14(17)9-13/h5-9H,18H2,1-4H3. The monoisotopic (exact) mass is 258 g/mol. The van der Waals surface area contributed by atoms with Crippen LogP contribution in [-0.2, 0) is 0 Å². The van der Waals surface area contributed by atoms with Crippen LogP contribution < -0.4 is 10.6 Å². The van der Waals surface area contributed by atoms with E-state index >= 15 is 0 Å². The molecule has 0 aliphatic carbocycles. The third-order valence-corrected chi connectivity index (χ3v) is 3.54. The number of hydrogen-bond donors (Lipinski definition) is 1. The van der Waals surface area contributed by atoms with Crippen molar-refractivity contribution in [3.8, 4) is 0 Å². The molecule has 100 valence electrons. The van der Waals surface area contributed by atoms with Crippen molar-refractivity contribution in [2.45, 2.75) is 20.8 Å². The minimum absolute atomic E-state index is 0.175. The molecule has 0 heterocycles. The van der Waals surface area contributed by atoms with Gasteiger partial charge < -0.3 is 10.6 Å². The Kier molecular flexibility index (Phi) is 3.47. The Hall–Kier alpha value is -2.03. The lowest BCUT2D eigenvalue weighted by molar-refractivity contribution is 0.632. The van der Waals surface area contributed by atoms with E-state index in [1.807, 2.05) is 18.0 Å². The fourth-order valence-electron chi connectivity index (χ4n) is 2.17. The van der Waals surface area contributed by atoms with E-state index in [4.69, 9.17) is 5.73 Å². The first-order valence-electron chi connectivity index (χ1n) is 6.26. The van der Waals surface area contributed by atoms with Crippen molar-refractivity contribution in [2.24, 2.45) is 0 Å². The van der Waals surface area contributed by atoms with Gasteiger partial charge in [0.05, 0.1) is 5.69 Å². The highest BCUT2D eigenvalue weighted by Crippen LogP contribution is 2.30. The highest BCUT2D eigenvalue weighted by molar-refractivity contribution is 5.68. The van der Waals surface area contributed by atoms with Gasteiger partial charge in [-0.05, 0) is 61.7 Å². The smallest absolute Gasteiger partial charge is 0.148 e. The van der Waals surface area contributed by atoms with Crippen molar-refractivity contribution >= 4 is 17.1 Å². The molecule has 2 aromatic rings. The first-order chi connectivity index (χ1) is 8.90. The molecule has 0 saturated heterocycles. The molecule has 0 radical (unpaired) electrons. The number of hydrogen-bond acceptors (Lipinski definition) is 2.